The number of Topliss-reactive ketones (excluding diaryl/α,β-unsaturated/α-hetero) is 1. The van der Waals surface area contributed by atoms with Gasteiger partial charge in [0.15, 0.2) is 12.4 Å². The molecule has 0 aromatic heterocycles. The van der Waals surface area contributed by atoms with E-state index in [2.05, 4.69) is 5.32 Å². The summed E-state index contributed by atoms with van der Waals surface area (Å²) in [6, 6.07) is 10.3. The van der Waals surface area contributed by atoms with E-state index in [1.54, 1.807) is 18.2 Å². The Morgan fingerprint density at radius 1 is 1.10 bits per heavy atom. The normalized spacial score (nSPS) is 13.2. The van der Waals surface area contributed by atoms with Gasteiger partial charge in [0.2, 0.25) is 5.91 Å². The van der Waals surface area contributed by atoms with Crippen molar-refractivity contribution in [2.75, 3.05) is 20.3 Å². The highest BCUT2D eigenvalue weighted by molar-refractivity contribution is 6.32. The molecular weight excluding hydrogens is 400 g/mol. The van der Waals surface area contributed by atoms with E-state index in [1.807, 2.05) is 0 Å². The Morgan fingerprint density at radius 2 is 1.79 bits per heavy atom. The van der Waals surface area contributed by atoms with Gasteiger partial charge in [0.1, 0.15) is 5.75 Å². The maximum absolute atomic E-state index is 12.2. The lowest BCUT2D eigenvalue weighted by Crippen LogP contribution is -2.30. The highest BCUT2D eigenvalue weighted by Gasteiger charge is 2.28. The van der Waals surface area contributed by atoms with Gasteiger partial charge >= 0.3 is 12.0 Å². The first kappa shape index (κ1) is 20.3. The third kappa shape index (κ3) is 4.72. The molecule has 1 aliphatic rings. The largest absolute Gasteiger partial charge is 0.495 e. The molecule has 2 aromatic rings. The van der Waals surface area contributed by atoms with Crippen LogP contribution in [0.25, 0.3) is 0 Å². The van der Waals surface area contributed by atoms with Crippen LogP contribution in [0.15, 0.2) is 42.5 Å². The molecule has 1 aliphatic heterocycles. The monoisotopic (exact) mass is 416 g/mol. The Morgan fingerprint density at radius 3 is 2.38 bits per heavy atom. The minimum Gasteiger partial charge on any atom is -0.495 e. The average Bonchev–Trinajstić information content (AvgIpc) is 3.04. The Kier molecular flexibility index (Phi) is 6.13. The van der Waals surface area contributed by atoms with Crippen molar-refractivity contribution in [3.05, 3.63) is 64.2 Å². The maximum Gasteiger partial charge on any atom is 0.338 e. The van der Waals surface area contributed by atoms with Crippen LogP contribution in [0.1, 0.15) is 26.3 Å². The summed E-state index contributed by atoms with van der Waals surface area (Å²) >= 11 is 5.99. The molecule has 0 spiro atoms. The van der Waals surface area contributed by atoms with Gasteiger partial charge in [-0.3, -0.25) is 14.5 Å². The van der Waals surface area contributed by atoms with Crippen molar-refractivity contribution in [3.8, 4) is 5.75 Å². The first-order chi connectivity index (χ1) is 13.9. The summed E-state index contributed by atoms with van der Waals surface area (Å²) in [5.74, 6) is -0.943. The quantitative estimate of drug-likeness (QED) is 0.422. The highest BCUT2D eigenvalue weighted by atomic mass is 35.5. The topological polar surface area (TPSA) is 102 Å². The Labute approximate surface area is 171 Å². The van der Waals surface area contributed by atoms with Crippen molar-refractivity contribution in [2.45, 2.75) is 6.54 Å². The Bertz CT molecular complexity index is 957. The third-order valence-electron chi connectivity index (χ3n) is 4.28. The number of rotatable bonds is 7. The van der Waals surface area contributed by atoms with Crippen molar-refractivity contribution >= 4 is 35.3 Å². The summed E-state index contributed by atoms with van der Waals surface area (Å²) in [4.78, 5) is 48.6. The predicted octanol–water partition coefficient (Wildman–Crippen LogP) is 2.44. The zero-order valence-electron chi connectivity index (χ0n) is 15.4. The molecule has 150 valence electrons. The van der Waals surface area contributed by atoms with E-state index >= 15 is 0 Å². The Hall–Kier alpha value is -3.39. The van der Waals surface area contributed by atoms with Crippen molar-refractivity contribution in [3.63, 3.8) is 0 Å². The fraction of sp³-hybridized carbons (Fsp3) is 0.200. The molecule has 0 atom stereocenters. The SMILES string of the molecule is COc1ccc(C(=O)COC(=O)c2ccc(CN3C(=O)CNC3=O)cc2)cc1Cl. The number of benzene rings is 2. The van der Waals surface area contributed by atoms with E-state index < -0.39 is 24.4 Å². The highest BCUT2D eigenvalue weighted by Crippen LogP contribution is 2.25. The summed E-state index contributed by atoms with van der Waals surface area (Å²) in [7, 11) is 1.47. The lowest BCUT2D eigenvalue weighted by atomic mass is 10.1. The molecule has 0 unspecified atom stereocenters. The summed E-state index contributed by atoms with van der Waals surface area (Å²) in [5, 5.41) is 2.72. The van der Waals surface area contributed by atoms with Gasteiger partial charge in [0, 0.05) is 5.56 Å². The smallest absolute Gasteiger partial charge is 0.338 e. The minimum atomic E-state index is -0.667. The van der Waals surface area contributed by atoms with Crippen LogP contribution >= 0.6 is 11.6 Å². The molecule has 1 fully saturated rings. The molecule has 3 rings (SSSR count). The van der Waals surface area contributed by atoms with Crippen molar-refractivity contribution in [1.82, 2.24) is 10.2 Å². The van der Waals surface area contributed by atoms with Crippen LogP contribution in [0.3, 0.4) is 0 Å². The number of nitrogens with one attached hydrogen (secondary N) is 1. The third-order valence-corrected chi connectivity index (χ3v) is 4.57. The number of hydrogen-bond donors (Lipinski definition) is 1. The van der Waals surface area contributed by atoms with Crippen molar-refractivity contribution in [1.29, 1.82) is 0 Å². The lowest BCUT2D eigenvalue weighted by Gasteiger charge is -2.12. The number of carbonyl (C=O) groups is 4. The molecule has 0 bridgehead atoms. The molecule has 9 heteroatoms. The van der Waals surface area contributed by atoms with Gasteiger partial charge < -0.3 is 14.8 Å². The summed E-state index contributed by atoms with van der Waals surface area (Å²) in [6.07, 6.45) is 0. The van der Waals surface area contributed by atoms with Crippen LogP contribution in [-0.2, 0) is 16.1 Å². The number of nitrogens with zero attached hydrogens (tertiary/aromatic N) is 1. The molecular formula is C20H17ClN2O6. The van der Waals surface area contributed by atoms with E-state index in [-0.39, 0.29) is 29.6 Å². The minimum absolute atomic E-state index is 0.0172. The number of carbonyl (C=O) groups excluding carboxylic acids is 4. The molecule has 1 heterocycles. The van der Waals surface area contributed by atoms with Gasteiger partial charge in [-0.15, -0.1) is 0 Å². The number of amides is 3. The molecule has 2 aromatic carbocycles. The van der Waals surface area contributed by atoms with E-state index in [4.69, 9.17) is 21.1 Å². The zero-order chi connectivity index (χ0) is 21.0. The number of esters is 1. The standard InChI is InChI=1S/C20H17ClN2O6/c1-28-17-7-6-14(8-15(17)21)16(24)11-29-19(26)13-4-2-12(3-5-13)10-23-18(25)9-22-20(23)27/h2-8H,9-11H2,1H3,(H,22,27). The molecule has 8 nitrogen and oxygen atoms in total. The Balaban J connectivity index is 1.56. The maximum atomic E-state index is 12.2. The summed E-state index contributed by atoms with van der Waals surface area (Å²) < 4.78 is 10.1. The van der Waals surface area contributed by atoms with Crippen molar-refractivity contribution in [2.24, 2.45) is 0 Å². The van der Waals surface area contributed by atoms with E-state index in [9.17, 15) is 19.2 Å². The molecule has 29 heavy (non-hydrogen) atoms. The molecule has 1 saturated heterocycles. The number of halogens is 1. The van der Waals surface area contributed by atoms with E-state index in [0.29, 0.717) is 16.9 Å². The number of hydrogen-bond acceptors (Lipinski definition) is 6. The second kappa shape index (κ2) is 8.74. The second-order valence-electron chi connectivity index (χ2n) is 6.18. The summed E-state index contributed by atoms with van der Waals surface area (Å²) in [6.45, 7) is -0.348. The number of urea groups is 1. The van der Waals surface area contributed by atoms with Crippen LogP contribution in [0.5, 0.6) is 5.75 Å². The van der Waals surface area contributed by atoms with Crippen LogP contribution in [0, 0.1) is 0 Å². The lowest BCUT2D eigenvalue weighted by molar-refractivity contribution is -0.125. The van der Waals surface area contributed by atoms with Crippen LogP contribution < -0.4 is 10.1 Å². The average molecular weight is 417 g/mol. The molecule has 0 radical (unpaired) electrons. The number of ketones is 1. The van der Waals surface area contributed by atoms with Gasteiger partial charge in [0.25, 0.3) is 0 Å². The van der Waals surface area contributed by atoms with Gasteiger partial charge in [-0.25, -0.2) is 9.59 Å². The fourth-order valence-corrected chi connectivity index (χ4v) is 2.94. The predicted molar refractivity (Wildman–Crippen MR) is 103 cm³/mol. The van der Waals surface area contributed by atoms with Crippen molar-refractivity contribution < 1.29 is 28.7 Å². The second-order valence-corrected chi connectivity index (χ2v) is 6.59. The van der Waals surface area contributed by atoms with E-state index in [0.717, 1.165) is 4.90 Å². The fourth-order valence-electron chi connectivity index (χ4n) is 2.68. The van der Waals surface area contributed by atoms with Gasteiger partial charge in [0.05, 0.1) is 30.8 Å². The van der Waals surface area contributed by atoms with Crippen LogP contribution in [0.2, 0.25) is 5.02 Å². The van der Waals surface area contributed by atoms with Crippen LogP contribution in [0.4, 0.5) is 4.79 Å². The van der Waals surface area contributed by atoms with Gasteiger partial charge in [-0.05, 0) is 35.9 Å². The first-order valence-electron chi connectivity index (χ1n) is 8.60. The van der Waals surface area contributed by atoms with E-state index in [1.165, 1.54) is 31.4 Å². The molecule has 3 amide bonds. The first-order valence-corrected chi connectivity index (χ1v) is 8.98. The zero-order valence-corrected chi connectivity index (χ0v) is 16.2. The van der Waals surface area contributed by atoms with Gasteiger partial charge in [-0.2, -0.15) is 0 Å². The number of ether oxygens (including phenoxy) is 2. The molecule has 1 N–H and O–H groups in total. The number of imide groups is 1. The number of methoxy groups -OCH3 is 1. The molecule has 0 aliphatic carbocycles. The van der Waals surface area contributed by atoms with Crippen LogP contribution in [-0.4, -0.2) is 48.9 Å². The van der Waals surface area contributed by atoms with Gasteiger partial charge in [-0.1, -0.05) is 23.7 Å². The molecule has 0 saturated carbocycles. The summed E-state index contributed by atoms with van der Waals surface area (Å²) in [5.41, 5.74) is 1.22.